The van der Waals surface area contributed by atoms with Gasteiger partial charge in [-0.05, 0) is 48.4 Å². The minimum absolute atomic E-state index is 0.195. The number of aromatic nitrogens is 3. The van der Waals surface area contributed by atoms with Crippen LogP contribution < -0.4 is 15.8 Å². The van der Waals surface area contributed by atoms with Gasteiger partial charge in [-0.1, -0.05) is 46.3 Å². The molecule has 2 aromatic carbocycles. The molecule has 184 valence electrons. The Morgan fingerprint density at radius 1 is 1.06 bits per heavy atom. The highest BCUT2D eigenvalue weighted by Crippen LogP contribution is 2.26. The van der Waals surface area contributed by atoms with E-state index in [9.17, 15) is 9.59 Å². The molecular formula is C27H26BrN5O3. The van der Waals surface area contributed by atoms with E-state index in [2.05, 4.69) is 26.2 Å². The summed E-state index contributed by atoms with van der Waals surface area (Å²) in [7, 11) is 0. The van der Waals surface area contributed by atoms with Gasteiger partial charge in [-0.3, -0.25) is 14.6 Å². The molecule has 0 radical (unpaired) electrons. The number of amides is 2. The maximum absolute atomic E-state index is 12.5. The van der Waals surface area contributed by atoms with Crippen molar-refractivity contribution in [2.75, 3.05) is 6.61 Å². The lowest BCUT2D eigenvalue weighted by molar-refractivity contribution is -0.127. The molecule has 2 amide bonds. The molecule has 1 atom stereocenters. The van der Waals surface area contributed by atoms with Gasteiger partial charge < -0.3 is 15.8 Å². The summed E-state index contributed by atoms with van der Waals surface area (Å²) in [6, 6.07) is 22.0. The van der Waals surface area contributed by atoms with Gasteiger partial charge in [0.15, 0.2) is 0 Å². The number of pyridine rings is 1. The number of nitrogens with two attached hydrogens (primary N) is 1. The molecule has 3 N–H and O–H groups in total. The topological polar surface area (TPSA) is 112 Å². The minimum Gasteiger partial charge on any atom is -0.478 e. The summed E-state index contributed by atoms with van der Waals surface area (Å²) < 4.78 is 8.70. The minimum atomic E-state index is -0.762. The number of primary amides is 1. The van der Waals surface area contributed by atoms with Crippen LogP contribution >= 0.6 is 15.9 Å². The summed E-state index contributed by atoms with van der Waals surface area (Å²) in [5, 5.41) is 7.43. The zero-order valence-electron chi connectivity index (χ0n) is 19.5. The van der Waals surface area contributed by atoms with E-state index < -0.39 is 11.9 Å². The van der Waals surface area contributed by atoms with Crippen molar-refractivity contribution in [1.29, 1.82) is 0 Å². The van der Waals surface area contributed by atoms with Crippen LogP contribution in [0, 0.1) is 0 Å². The Morgan fingerprint density at radius 3 is 2.53 bits per heavy atom. The van der Waals surface area contributed by atoms with Crippen molar-refractivity contribution in [1.82, 2.24) is 20.1 Å². The highest BCUT2D eigenvalue weighted by Gasteiger charge is 2.19. The second-order valence-electron chi connectivity index (χ2n) is 8.16. The molecule has 0 fully saturated rings. The van der Waals surface area contributed by atoms with Crippen molar-refractivity contribution in [3.05, 3.63) is 95.2 Å². The van der Waals surface area contributed by atoms with Crippen LogP contribution in [0.25, 0.3) is 16.9 Å². The van der Waals surface area contributed by atoms with Crippen LogP contribution in [-0.2, 0) is 16.0 Å². The third-order valence-electron chi connectivity index (χ3n) is 5.46. The van der Waals surface area contributed by atoms with Crippen LogP contribution in [-0.4, -0.2) is 39.2 Å². The molecule has 4 rings (SSSR count). The van der Waals surface area contributed by atoms with E-state index in [0.717, 1.165) is 27.0 Å². The van der Waals surface area contributed by atoms with Crippen molar-refractivity contribution in [3.8, 4) is 22.8 Å². The Hall–Kier alpha value is -3.98. The fourth-order valence-electron chi connectivity index (χ4n) is 3.64. The van der Waals surface area contributed by atoms with Crippen LogP contribution in [0.3, 0.4) is 0 Å². The molecule has 0 unspecified atom stereocenters. The smallest absolute Gasteiger partial charge is 0.240 e. The average Bonchev–Trinajstić information content (AvgIpc) is 3.32. The number of nitrogens with zero attached hydrogens (tertiary/aromatic N) is 3. The van der Waals surface area contributed by atoms with Crippen molar-refractivity contribution in [3.63, 3.8) is 0 Å². The van der Waals surface area contributed by atoms with Crippen LogP contribution in [0.4, 0.5) is 0 Å². The van der Waals surface area contributed by atoms with Gasteiger partial charge in [0, 0.05) is 41.3 Å². The second-order valence-corrected chi connectivity index (χ2v) is 9.08. The number of halogens is 1. The molecule has 0 aliphatic carbocycles. The lowest BCUT2D eigenvalue weighted by atomic mass is 10.1. The highest BCUT2D eigenvalue weighted by atomic mass is 79.9. The van der Waals surface area contributed by atoms with Crippen LogP contribution in [0.2, 0.25) is 0 Å². The SMILES string of the molecule is NC(=O)[C@H](Cc1ccccc1)NC(=O)CCCOc1cc(-c2cccnc2)nn1-c1ccc(Br)cc1. The molecule has 0 aliphatic rings. The van der Waals surface area contributed by atoms with Gasteiger partial charge in [0.05, 0.1) is 18.0 Å². The lowest BCUT2D eigenvalue weighted by Gasteiger charge is -2.15. The van der Waals surface area contributed by atoms with Gasteiger partial charge in [-0.15, -0.1) is 0 Å². The van der Waals surface area contributed by atoms with E-state index in [1.807, 2.05) is 72.8 Å². The standard InChI is InChI=1S/C27H26BrN5O3/c28-21-10-12-22(13-11-21)33-26(17-23(32-33)20-8-4-14-30-18-20)36-15-5-9-25(34)31-24(27(29)35)16-19-6-2-1-3-7-19/h1-4,6-8,10-14,17-18,24H,5,9,15-16H2,(H2,29,35)(H,31,34)/t24-/m0/s1. The number of rotatable bonds is 11. The zero-order chi connectivity index (χ0) is 25.3. The summed E-state index contributed by atoms with van der Waals surface area (Å²) in [6.07, 6.45) is 4.45. The van der Waals surface area contributed by atoms with Gasteiger partial charge in [0.25, 0.3) is 0 Å². The number of carbonyl (C=O) groups is 2. The molecule has 2 aromatic heterocycles. The van der Waals surface area contributed by atoms with E-state index in [0.29, 0.717) is 25.3 Å². The Bertz CT molecular complexity index is 1290. The Balaban J connectivity index is 1.37. The number of benzene rings is 2. The largest absolute Gasteiger partial charge is 0.478 e. The highest BCUT2D eigenvalue weighted by molar-refractivity contribution is 9.10. The third kappa shape index (κ3) is 6.79. The predicted octanol–water partition coefficient (Wildman–Crippen LogP) is 4.07. The van der Waals surface area contributed by atoms with Crippen molar-refractivity contribution >= 4 is 27.7 Å². The van der Waals surface area contributed by atoms with E-state index in [4.69, 9.17) is 15.6 Å². The molecule has 0 spiro atoms. The van der Waals surface area contributed by atoms with Crippen molar-refractivity contribution in [2.24, 2.45) is 5.73 Å². The average molecular weight is 548 g/mol. The maximum atomic E-state index is 12.5. The fourth-order valence-corrected chi connectivity index (χ4v) is 3.90. The molecule has 0 saturated heterocycles. The summed E-state index contributed by atoms with van der Waals surface area (Å²) in [5.74, 6) is -0.267. The van der Waals surface area contributed by atoms with Crippen LogP contribution in [0.15, 0.2) is 89.7 Å². The van der Waals surface area contributed by atoms with Gasteiger partial charge in [0.2, 0.25) is 17.7 Å². The quantitative estimate of drug-likeness (QED) is 0.275. The molecule has 0 aliphatic heterocycles. The third-order valence-corrected chi connectivity index (χ3v) is 5.99. The Kier molecular flexibility index (Phi) is 8.46. The monoisotopic (exact) mass is 547 g/mol. The molecule has 8 nitrogen and oxygen atoms in total. The summed E-state index contributed by atoms with van der Waals surface area (Å²) >= 11 is 3.45. The number of nitrogens with one attached hydrogen (secondary N) is 1. The van der Waals surface area contributed by atoms with E-state index in [1.165, 1.54) is 0 Å². The Morgan fingerprint density at radius 2 is 1.83 bits per heavy atom. The summed E-state index contributed by atoms with van der Waals surface area (Å²) in [5.41, 5.74) is 8.86. The van der Waals surface area contributed by atoms with Gasteiger partial charge in [-0.25, -0.2) is 4.68 Å². The fraction of sp³-hybridized carbons (Fsp3) is 0.185. The van der Waals surface area contributed by atoms with Crippen molar-refractivity contribution in [2.45, 2.75) is 25.3 Å². The number of hydrogen-bond acceptors (Lipinski definition) is 5. The van der Waals surface area contributed by atoms with Gasteiger partial charge in [-0.2, -0.15) is 5.10 Å². The van der Waals surface area contributed by atoms with Gasteiger partial charge >= 0.3 is 0 Å². The number of ether oxygens (including phenoxy) is 1. The Labute approximate surface area is 217 Å². The first-order valence-corrected chi connectivity index (χ1v) is 12.3. The predicted molar refractivity (Wildman–Crippen MR) is 140 cm³/mol. The normalized spacial score (nSPS) is 11.6. The molecule has 4 aromatic rings. The van der Waals surface area contributed by atoms with Crippen LogP contribution in [0.1, 0.15) is 18.4 Å². The molecule has 0 saturated carbocycles. The molecule has 9 heteroatoms. The van der Waals surface area contributed by atoms with E-state index in [-0.39, 0.29) is 12.3 Å². The maximum Gasteiger partial charge on any atom is 0.240 e. The van der Waals surface area contributed by atoms with Gasteiger partial charge in [0.1, 0.15) is 6.04 Å². The lowest BCUT2D eigenvalue weighted by Crippen LogP contribution is -2.45. The number of hydrogen-bond donors (Lipinski definition) is 2. The number of carbonyl (C=O) groups excluding carboxylic acids is 2. The van der Waals surface area contributed by atoms with Crippen LogP contribution in [0.5, 0.6) is 5.88 Å². The first kappa shape index (κ1) is 25.1. The van der Waals surface area contributed by atoms with E-state index in [1.54, 1.807) is 17.1 Å². The second kappa shape index (κ2) is 12.1. The van der Waals surface area contributed by atoms with E-state index >= 15 is 0 Å². The summed E-state index contributed by atoms with van der Waals surface area (Å²) in [4.78, 5) is 28.5. The molecular weight excluding hydrogens is 522 g/mol. The molecule has 2 heterocycles. The summed E-state index contributed by atoms with van der Waals surface area (Å²) in [6.45, 7) is 0.294. The zero-order valence-corrected chi connectivity index (χ0v) is 21.1. The molecule has 0 bridgehead atoms. The van der Waals surface area contributed by atoms with Crippen molar-refractivity contribution < 1.29 is 14.3 Å². The first-order chi connectivity index (χ1) is 17.5. The first-order valence-electron chi connectivity index (χ1n) is 11.5. The molecule has 36 heavy (non-hydrogen) atoms.